The van der Waals surface area contributed by atoms with Crippen LogP contribution in [0.3, 0.4) is 0 Å². The summed E-state index contributed by atoms with van der Waals surface area (Å²) in [5.74, 6) is -0.0625. The molecule has 29 heavy (non-hydrogen) atoms. The van der Waals surface area contributed by atoms with E-state index in [4.69, 9.17) is 0 Å². The van der Waals surface area contributed by atoms with E-state index in [1.54, 1.807) is 9.70 Å². The SMILES string of the molecule is CCCNC(=O)CN1CCN(C(=O)c2nn(-c3ccc(C)cc3C)nc2C)CC1. The molecule has 8 heteroatoms. The van der Waals surface area contributed by atoms with E-state index in [0.29, 0.717) is 50.7 Å². The van der Waals surface area contributed by atoms with Crippen molar-refractivity contribution in [1.29, 1.82) is 0 Å². The van der Waals surface area contributed by atoms with Crippen LogP contribution in [0, 0.1) is 20.8 Å². The second kappa shape index (κ2) is 9.17. The molecule has 2 heterocycles. The van der Waals surface area contributed by atoms with Gasteiger partial charge in [0.1, 0.15) is 0 Å². The smallest absolute Gasteiger partial charge is 0.276 e. The van der Waals surface area contributed by atoms with Crippen LogP contribution >= 0.6 is 0 Å². The van der Waals surface area contributed by atoms with Crippen molar-refractivity contribution >= 4 is 11.8 Å². The molecule has 1 N–H and O–H groups in total. The summed E-state index contributed by atoms with van der Waals surface area (Å²) >= 11 is 0. The third kappa shape index (κ3) is 5.00. The molecule has 1 aromatic carbocycles. The molecule has 156 valence electrons. The fourth-order valence-electron chi connectivity index (χ4n) is 3.50. The molecule has 0 spiro atoms. The molecule has 0 unspecified atom stereocenters. The van der Waals surface area contributed by atoms with Gasteiger partial charge in [0.2, 0.25) is 5.91 Å². The minimum Gasteiger partial charge on any atom is -0.355 e. The van der Waals surface area contributed by atoms with E-state index in [-0.39, 0.29) is 11.8 Å². The van der Waals surface area contributed by atoms with Crippen LogP contribution in [0.25, 0.3) is 5.69 Å². The van der Waals surface area contributed by atoms with Crippen molar-refractivity contribution in [2.75, 3.05) is 39.3 Å². The van der Waals surface area contributed by atoms with Crippen LogP contribution in [0.4, 0.5) is 0 Å². The summed E-state index contributed by atoms with van der Waals surface area (Å²) in [7, 11) is 0. The lowest BCUT2D eigenvalue weighted by Crippen LogP contribution is -2.51. The lowest BCUT2D eigenvalue weighted by atomic mass is 10.1. The summed E-state index contributed by atoms with van der Waals surface area (Å²) in [6, 6.07) is 6.06. The van der Waals surface area contributed by atoms with Crippen LogP contribution in [0.2, 0.25) is 0 Å². The molecule has 1 fully saturated rings. The third-order valence-electron chi connectivity index (χ3n) is 5.15. The van der Waals surface area contributed by atoms with E-state index in [1.165, 1.54) is 5.56 Å². The topological polar surface area (TPSA) is 83.4 Å². The maximum absolute atomic E-state index is 13.0. The Labute approximate surface area is 171 Å². The van der Waals surface area contributed by atoms with Crippen molar-refractivity contribution < 1.29 is 9.59 Å². The molecule has 1 aliphatic heterocycles. The quantitative estimate of drug-likeness (QED) is 0.797. The summed E-state index contributed by atoms with van der Waals surface area (Å²) in [6.07, 6.45) is 0.927. The standard InChI is InChI=1S/C21H30N6O2/c1-5-8-22-19(28)14-25-9-11-26(12-10-25)21(29)20-17(4)23-27(24-20)18-7-6-15(2)13-16(18)3/h6-7,13H,5,8-12,14H2,1-4H3,(H,22,28). The van der Waals surface area contributed by atoms with Crippen molar-refractivity contribution in [2.45, 2.75) is 34.1 Å². The summed E-state index contributed by atoms with van der Waals surface area (Å²) < 4.78 is 0. The van der Waals surface area contributed by atoms with Gasteiger partial charge in [0, 0.05) is 32.7 Å². The lowest BCUT2D eigenvalue weighted by Gasteiger charge is -2.33. The van der Waals surface area contributed by atoms with Crippen LogP contribution in [0.5, 0.6) is 0 Å². The lowest BCUT2D eigenvalue weighted by molar-refractivity contribution is -0.122. The van der Waals surface area contributed by atoms with E-state index in [0.717, 1.165) is 17.7 Å². The Morgan fingerprint density at radius 3 is 2.45 bits per heavy atom. The predicted molar refractivity (Wildman–Crippen MR) is 111 cm³/mol. The molecule has 1 saturated heterocycles. The number of rotatable bonds is 6. The van der Waals surface area contributed by atoms with Gasteiger partial charge >= 0.3 is 0 Å². The van der Waals surface area contributed by atoms with Crippen molar-refractivity contribution in [3.63, 3.8) is 0 Å². The predicted octanol–water partition coefficient (Wildman–Crippen LogP) is 1.48. The maximum atomic E-state index is 13.0. The van der Waals surface area contributed by atoms with Crippen molar-refractivity contribution in [1.82, 2.24) is 30.1 Å². The Morgan fingerprint density at radius 2 is 1.79 bits per heavy atom. The number of aromatic nitrogens is 3. The Hall–Kier alpha value is -2.74. The molecule has 0 atom stereocenters. The Morgan fingerprint density at radius 1 is 1.07 bits per heavy atom. The number of carbonyl (C=O) groups excluding carboxylic acids is 2. The summed E-state index contributed by atoms with van der Waals surface area (Å²) in [4.78, 5) is 30.3. The van der Waals surface area contributed by atoms with Crippen molar-refractivity contribution in [3.8, 4) is 5.69 Å². The first-order chi connectivity index (χ1) is 13.9. The maximum Gasteiger partial charge on any atom is 0.276 e. The minimum absolute atomic E-state index is 0.0406. The highest BCUT2D eigenvalue weighted by molar-refractivity contribution is 5.93. The van der Waals surface area contributed by atoms with Gasteiger partial charge in [0.25, 0.3) is 5.91 Å². The van der Waals surface area contributed by atoms with Gasteiger partial charge in [0.05, 0.1) is 17.9 Å². The molecule has 0 aliphatic carbocycles. The van der Waals surface area contributed by atoms with Crippen LogP contribution in [0.15, 0.2) is 18.2 Å². The second-order valence-corrected chi connectivity index (χ2v) is 7.63. The van der Waals surface area contributed by atoms with Crippen LogP contribution < -0.4 is 5.32 Å². The monoisotopic (exact) mass is 398 g/mol. The van der Waals surface area contributed by atoms with Gasteiger partial charge in [0.15, 0.2) is 5.69 Å². The molecule has 3 rings (SSSR count). The summed E-state index contributed by atoms with van der Waals surface area (Å²) in [6.45, 7) is 11.5. The minimum atomic E-state index is -0.103. The van der Waals surface area contributed by atoms with Gasteiger partial charge in [-0.05, 0) is 38.8 Å². The highest BCUT2D eigenvalue weighted by Gasteiger charge is 2.27. The van der Waals surface area contributed by atoms with Gasteiger partial charge in [-0.25, -0.2) is 0 Å². The molecular weight excluding hydrogens is 368 g/mol. The second-order valence-electron chi connectivity index (χ2n) is 7.63. The van der Waals surface area contributed by atoms with Crippen LogP contribution in [-0.2, 0) is 4.79 Å². The molecular formula is C21H30N6O2. The molecule has 0 bridgehead atoms. The van der Waals surface area contributed by atoms with E-state index >= 15 is 0 Å². The normalized spacial score (nSPS) is 14.8. The van der Waals surface area contributed by atoms with Gasteiger partial charge in [-0.2, -0.15) is 9.90 Å². The third-order valence-corrected chi connectivity index (χ3v) is 5.15. The average Bonchev–Trinajstić information content (AvgIpc) is 3.07. The fourth-order valence-corrected chi connectivity index (χ4v) is 3.50. The Kier molecular flexibility index (Phi) is 6.64. The molecule has 1 aromatic heterocycles. The average molecular weight is 399 g/mol. The molecule has 0 radical (unpaired) electrons. The van der Waals surface area contributed by atoms with Gasteiger partial charge < -0.3 is 10.2 Å². The molecule has 2 aromatic rings. The Balaban J connectivity index is 1.63. The van der Waals surface area contributed by atoms with Gasteiger partial charge in [-0.1, -0.05) is 24.6 Å². The largest absolute Gasteiger partial charge is 0.355 e. The summed E-state index contributed by atoms with van der Waals surface area (Å²) in [5, 5.41) is 11.8. The zero-order valence-corrected chi connectivity index (χ0v) is 17.7. The first-order valence-electron chi connectivity index (χ1n) is 10.2. The number of benzene rings is 1. The number of carbonyl (C=O) groups is 2. The van der Waals surface area contributed by atoms with Crippen molar-refractivity contribution in [3.05, 3.63) is 40.7 Å². The zero-order chi connectivity index (χ0) is 21.0. The number of hydrogen-bond donors (Lipinski definition) is 1. The fraction of sp³-hybridized carbons (Fsp3) is 0.524. The zero-order valence-electron chi connectivity index (χ0n) is 17.7. The highest BCUT2D eigenvalue weighted by atomic mass is 16.2. The number of hydrogen-bond acceptors (Lipinski definition) is 5. The number of nitrogens with zero attached hydrogens (tertiary/aromatic N) is 5. The number of nitrogens with one attached hydrogen (secondary N) is 1. The van der Waals surface area contributed by atoms with Gasteiger partial charge in [-0.15, -0.1) is 5.10 Å². The summed E-state index contributed by atoms with van der Waals surface area (Å²) in [5.41, 5.74) is 4.12. The van der Waals surface area contributed by atoms with E-state index in [2.05, 4.69) is 26.5 Å². The molecule has 2 amide bonds. The van der Waals surface area contributed by atoms with E-state index in [9.17, 15) is 9.59 Å². The number of amides is 2. The highest BCUT2D eigenvalue weighted by Crippen LogP contribution is 2.16. The molecule has 1 aliphatic rings. The van der Waals surface area contributed by atoms with Crippen LogP contribution in [0.1, 0.15) is 40.7 Å². The van der Waals surface area contributed by atoms with E-state index < -0.39 is 0 Å². The van der Waals surface area contributed by atoms with Gasteiger partial charge in [-0.3, -0.25) is 14.5 Å². The molecule has 8 nitrogen and oxygen atoms in total. The Bertz CT molecular complexity index is 883. The van der Waals surface area contributed by atoms with Crippen molar-refractivity contribution in [2.24, 2.45) is 0 Å². The number of piperazine rings is 1. The first-order valence-corrected chi connectivity index (χ1v) is 10.2. The first kappa shape index (κ1) is 21.0. The molecule has 0 saturated carbocycles. The van der Waals surface area contributed by atoms with E-state index in [1.807, 2.05) is 39.8 Å². The number of aryl methyl sites for hydroxylation is 3. The van der Waals surface area contributed by atoms with Crippen LogP contribution in [-0.4, -0.2) is 75.9 Å².